The fraction of sp³-hybridized carbons (Fsp3) is 0.278. The molecule has 0 bridgehead atoms. The van der Waals surface area contributed by atoms with Gasteiger partial charge in [0.1, 0.15) is 34.7 Å². The third kappa shape index (κ3) is 5.43. The minimum Gasteiger partial charge on any atom is -0.494 e. The maximum Gasteiger partial charge on any atom is 0.424 e. The van der Waals surface area contributed by atoms with Crippen LogP contribution < -0.4 is 20.5 Å². The molecule has 13 heteroatoms. The summed E-state index contributed by atoms with van der Waals surface area (Å²) in [6.07, 6.45) is -1.62. The lowest BCUT2D eigenvalue weighted by atomic mass is 9.81. The SMILES string of the molecule is COc1cc(C(=O)NCC(O)(c2cc3c(c(-c4ccccc4-c4ccccc4)n2)OC[C@]3(C)C(N)=O)C(F)(F)F)cc2cn(C3CC3)nc12. The Balaban J connectivity index is 1.32. The van der Waals surface area contributed by atoms with E-state index in [1.54, 1.807) is 35.1 Å². The topological polar surface area (TPSA) is 142 Å². The summed E-state index contributed by atoms with van der Waals surface area (Å²) in [5.41, 5.74) is 2.02. The quantitative estimate of drug-likeness (QED) is 0.190. The second kappa shape index (κ2) is 11.6. The van der Waals surface area contributed by atoms with Crippen molar-refractivity contribution in [2.24, 2.45) is 5.73 Å². The van der Waals surface area contributed by atoms with Gasteiger partial charge in [-0.15, -0.1) is 0 Å². The number of hydrogen-bond acceptors (Lipinski definition) is 7. The van der Waals surface area contributed by atoms with Gasteiger partial charge in [0.15, 0.2) is 0 Å². The minimum absolute atomic E-state index is 0.0123. The number of benzene rings is 3. The summed E-state index contributed by atoms with van der Waals surface area (Å²) in [4.78, 5) is 30.5. The second-order valence-electron chi connectivity index (χ2n) is 12.6. The van der Waals surface area contributed by atoms with Crippen molar-refractivity contribution in [2.75, 3.05) is 20.3 Å². The van der Waals surface area contributed by atoms with Crippen molar-refractivity contribution in [1.82, 2.24) is 20.1 Å². The Morgan fingerprint density at radius 1 is 1.08 bits per heavy atom. The number of nitrogens with two attached hydrogens (primary N) is 1. The molecule has 7 rings (SSSR count). The maximum atomic E-state index is 15.0. The highest BCUT2D eigenvalue weighted by Gasteiger charge is 2.58. The number of pyridine rings is 1. The Kier molecular flexibility index (Phi) is 7.62. The van der Waals surface area contributed by atoms with Crippen LogP contribution in [0.3, 0.4) is 0 Å². The smallest absolute Gasteiger partial charge is 0.424 e. The molecular formula is C36H32F3N5O5. The van der Waals surface area contributed by atoms with E-state index >= 15 is 13.2 Å². The van der Waals surface area contributed by atoms with Crippen molar-refractivity contribution < 1.29 is 37.3 Å². The van der Waals surface area contributed by atoms with E-state index in [1.165, 1.54) is 26.2 Å². The van der Waals surface area contributed by atoms with Crippen LogP contribution in [-0.4, -0.2) is 58.1 Å². The second-order valence-corrected chi connectivity index (χ2v) is 12.6. The Hall–Kier alpha value is -5.43. The van der Waals surface area contributed by atoms with Crippen LogP contribution >= 0.6 is 0 Å². The van der Waals surface area contributed by atoms with Crippen LogP contribution in [0.4, 0.5) is 13.2 Å². The first kappa shape index (κ1) is 32.1. The number of amides is 2. The molecule has 252 valence electrons. The number of aliphatic hydroxyl groups is 1. The highest BCUT2D eigenvalue weighted by molar-refractivity contribution is 6.00. The number of ether oxygens (including phenoxy) is 2. The summed E-state index contributed by atoms with van der Waals surface area (Å²) in [7, 11) is 1.41. The third-order valence-electron chi connectivity index (χ3n) is 9.28. The molecule has 3 aromatic carbocycles. The lowest BCUT2D eigenvalue weighted by molar-refractivity contribution is -0.265. The monoisotopic (exact) mass is 671 g/mol. The molecule has 2 atom stereocenters. The molecule has 0 radical (unpaired) electrons. The van der Waals surface area contributed by atoms with Gasteiger partial charge in [0.25, 0.3) is 5.91 Å². The summed E-state index contributed by atoms with van der Waals surface area (Å²) in [5, 5.41) is 18.9. The van der Waals surface area contributed by atoms with E-state index in [2.05, 4.69) is 15.4 Å². The van der Waals surface area contributed by atoms with E-state index < -0.39 is 41.2 Å². The van der Waals surface area contributed by atoms with Gasteiger partial charge in [-0.2, -0.15) is 18.3 Å². The number of aromatic nitrogens is 3. The number of carbonyl (C=O) groups excluding carboxylic acids is 2. The number of methoxy groups -OCH3 is 1. The van der Waals surface area contributed by atoms with Gasteiger partial charge in [-0.25, -0.2) is 4.98 Å². The van der Waals surface area contributed by atoms with E-state index in [-0.39, 0.29) is 41.0 Å². The lowest BCUT2D eigenvalue weighted by Gasteiger charge is -2.31. The van der Waals surface area contributed by atoms with E-state index in [1.807, 2.05) is 30.3 Å². The highest BCUT2D eigenvalue weighted by Crippen LogP contribution is 2.49. The number of nitrogens with zero attached hydrogens (tertiary/aromatic N) is 3. The van der Waals surface area contributed by atoms with Gasteiger partial charge in [-0.05, 0) is 49.1 Å². The third-order valence-corrected chi connectivity index (χ3v) is 9.28. The Labute approximate surface area is 278 Å². The molecule has 0 saturated heterocycles. The zero-order chi connectivity index (χ0) is 34.7. The van der Waals surface area contributed by atoms with Crippen LogP contribution in [0.15, 0.2) is 79.0 Å². The molecule has 2 aliphatic rings. The number of nitrogens with one attached hydrogen (secondary N) is 1. The van der Waals surface area contributed by atoms with Crippen LogP contribution in [0.1, 0.15) is 47.4 Å². The van der Waals surface area contributed by atoms with Crippen LogP contribution in [-0.2, 0) is 15.8 Å². The summed E-state index contributed by atoms with van der Waals surface area (Å²) in [6, 6.07) is 20.2. The first-order valence-corrected chi connectivity index (χ1v) is 15.6. The number of rotatable bonds is 9. The van der Waals surface area contributed by atoms with Crippen molar-refractivity contribution in [3.63, 3.8) is 0 Å². The largest absolute Gasteiger partial charge is 0.494 e. The molecular weight excluding hydrogens is 639 g/mol. The molecule has 4 N–H and O–H groups in total. The van der Waals surface area contributed by atoms with Gasteiger partial charge >= 0.3 is 6.18 Å². The number of fused-ring (bicyclic) bond motifs is 2. The minimum atomic E-state index is -5.33. The Morgan fingerprint density at radius 3 is 2.43 bits per heavy atom. The van der Waals surface area contributed by atoms with E-state index in [9.17, 15) is 14.7 Å². The standard InChI is InChI=1S/C36H32F3N5O5/c1-34(33(40)46)19-49-31-26(34)16-28(42-30(31)25-11-7-6-10-24(25)20-8-4-3-5-9-20)35(47,36(37,38)39)18-41-32(45)21-14-22-17-44(23-12-13-23)43-29(22)27(15-21)48-2/h3-11,14-17,23,47H,12-13,18-19H2,1-2H3,(H2,40,46)(H,41,45)/t34-,35?/m0/s1. The highest BCUT2D eigenvalue weighted by atomic mass is 19.4. The van der Waals surface area contributed by atoms with E-state index in [0.29, 0.717) is 22.0 Å². The number of halogens is 3. The predicted molar refractivity (Wildman–Crippen MR) is 174 cm³/mol. The molecule has 1 aliphatic heterocycles. The summed E-state index contributed by atoms with van der Waals surface area (Å²) in [5.74, 6) is -1.36. The van der Waals surface area contributed by atoms with Gasteiger partial charge in [0.05, 0.1) is 25.4 Å². The first-order chi connectivity index (χ1) is 23.3. The van der Waals surface area contributed by atoms with Crippen LogP contribution in [0.2, 0.25) is 0 Å². The molecule has 1 unspecified atom stereocenters. The lowest BCUT2D eigenvalue weighted by Crippen LogP contribution is -2.51. The van der Waals surface area contributed by atoms with Gasteiger partial charge in [0.2, 0.25) is 11.5 Å². The van der Waals surface area contributed by atoms with Crippen LogP contribution in [0, 0.1) is 0 Å². The summed E-state index contributed by atoms with van der Waals surface area (Å²) < 4.78 is 58.3. The van der Waals surface area contributed by atoms with Crippen molar-refractivity contribution in [3.05, 3.63) is 95.8 Å². The average molecular weight is 672 g/mol. The molecule has 49 heavy (non-hydrogen) atoms. The van der Waals surface area contributed by atoms with Gasteiger partial charge in [0, 0.05) is 28.3 Å². The molecule has 1 aliphatic carbocycles. The molecule has 2 amide bonds. The van der Waals surface area contributed by atoms with Crippen molar-refractivity contribution >= 4 is 22.7 Å². The summed E-state index contributed by atoms with van der Waals surface area (Å²) in [6.45, 7) is -0.0794. The molecule has 2 aromatic heterocycles. The number of carbonyl (C=O) groups is 2. The number of alkyl halides is 3. The molecule has 3 heterocycles. The number of hydrogen-bond donors (Lipinski definition) is 3. The Bertz CT molecular complexity index is 2110. The zero-order valence-corrected chi connectivity index (χ0v) is 26.5. The zero-order valence-electron chi connectivity index (χ0n) is 26.5. The van der Waals surface area contributed by atoms with E-state index in [0.717, 1.165) is 24.5 Å². The van der Waals surface area contributed by atoms with E-state index in [4.69, 9.17) is 15.2 Å². The van der Waals surface area contributed by atoms with Gasteiger partial charge in [-0.1, -0.05) is 54.6 Å². The maximum absolute atomic E-state index is 15.0. The normalized spacial score (nSPS) is 18.4. The van der Waals surface area contributed by atoms with Crippen LogP contribution in [0.5, 0.6) is 11.5 Å². The molecule has 1 saturated carbocycles. The average Bonchev–Trinajstić information content (AvgIpc) is 3.76. The first-order valence-electron chi connectivity index (χ1n) is 15.6. The van der Waals surface area contributed by atoms with Gasteiger partial charge in [-0.3, -0.25) is 14.3 Å². The molecule has 1 fully saturated rings. The van der Waals surface area contributed by atoms with Crippen molar-refractivity contribution in [3.8, 4) is 33.9 Å². The fourth-order valence-electron chi connectivity index (χ4n) is 6.12. The van der Waals surface area contributed by atoms with Crippen molar-refractivity contribution in [2.45, 2.75) is 43.0 Å². The summed E-state index contributed by atoms with van der Waals surface area (Å²) >= 11 is 0. The molecule has 0 spiro atoms. The number of primary amides is 1. The Morgan fingerprint density at radius 2 is 1.78 bits per heavy atom. The molecule has 10 nitrogen and oxygen atoms in total. The van der Waals surface area contributed by atoms with Gasteiger partial charge < -0.3 is 25.6 Å². The fourth-order valence-corrected chi connectivity index (χ4v) is 6.12. The van der Waals surface area contributed by atoms with Crippen molar-refractivity contribution in [1.29, 1.82) is 0 Å². The molecule has 5 aromatic rings. The predicted octanol–water partition coefficient (Wildman–Crippen LogP) is 5.42. The van der Waals surface area contributed by atoms with Crippen LogP contribution in [0.25, 0.3) is 33.3 Å².